The lowest BCUT2D eigenvalue weighted by Gasteiger charge is -2.32. The monoisotopic (exact) mass is 358 g/mol. The molecule has 1 saturated heterocycles. The molecule has 1 N–H and O–H groups in total. The van der Waals surface area contributed by atoms with Gasteiger partial charge in [-0.05, 0) is 19.4 Å². The van der Waals surface area contributed by atoms with E-state index in [0.717, 1.165) is 12.8 Å². The molecule has 3 rings (SSSR count). The van der Waals surface area contributed by atoms with Gasteiger partial charge in [0, 0.05) is 25.8 Å². The Morgan fingerprint density at radius 1 is 1.44 bits per heavy atom. The molecule has 1 fully saturated rings. The molecule has 3 heterocycles. The predicted octanol–water partition coefficient (Wildman–Crippen LogP) is 1.22. The summed E-state index contributed by atoms with van der Waals surface area (Å²) in [6, 6.07) is -0.105. The Bertz CT molecular complexity index is 741. The molecule has 1 atom stereocenters. The first-order chi connectivity index (χ1) is 11.8. The maximum Gasteiger partial charge on any atom is 0.470 e. The second-order valence-electron chi connectivity index (χ2n) is 5.95. The summed E-state index contributed by atoms with van der Waals surface area (Å²) in [5, 5.41) is 13.3. The Morgan fingerprint density at radius 3 is 2.88 bits per heavy atom. The number of carbonyl (C=O) groups excluding carboxylic acids is 1. The lowest BCUT2D eigenvalue weighted by Crippen LogP contribution is -2.47. The molecule has 11 heteroatoms. The molecule has 0 saturated carbocycles. The number of hydrogen-bond donors (Lipinski definition) is 1. The highest BCUT2D eigenvalue weighted by atomic mass is 19.4. The van der Waals surface area contributed by atoms with E-state index in [2.05, 4.69) is 25.0 Å². The highest BCUT2D eigenvalue weighted by Crippen LogP contribution is 2.28. The van der Waals surface area contributed by atoms with Gasteiger partial charge in [-0.25, -0.2) is 0 Å². The topological polar surface area (TPSA) is 89.1 Å². The molecule has 1 aliphatic heterocycles. The number of hydrogen-bond acceptors (Lipinski definition) is 6. The zero-order valence-electron chi connectivity index (χ0n) is 13.5. The summed E-state index contributed by atoms with van der Waals surface area (Å²) in [5.74, 6) is -1.66. The number of nitrogens with one attached hydrogen (secondary N) is 1. The Morgan fingerprint density at radius 2 is 2.24 bits per heavy atom. The number of piperidine rings is 1. The summed E-state index contributed by atoms with van der Waals surface area (Å²) in [6.07, 6.45) is 0.0475. The van der Waals surface area contributed by atoms with Gasteiger partial charge < -0.3 is 9.73 Å². The van der Waals surface area contributed by atoms with Crippen LogP contribution in [0.1, 0.15) is 35.0 Å². The number of amides is 1. The Kier molecular flexibility index (Phi) is 4.75. The van der Waals surface area contributed by atoms with Crippen LogP contribution in [-0.2, 0) is 19.8 Å². The van der Waals surface area contributed by atoms with Crippen LogP contribution in [0.5, 0.6) is 0 Å². The fourth-order valence-electron chi connectivity index (χ4n) is 2.75. The van der Waals surface area contributed by atoms with Crippen LogP contribution in [0.4, 0.5) is 13.2 Å². The number of likely N-dealkylation sites (tertiary alicyclic amines) is 1. The van der Waals surface area contributed by atoms with E-state index in [4.69, 9.17) is 0 Å². The maximum atomic E-state index is 12.5. The van der Waals surface area contributed by atoms with Crippen LogP contribution in [0.3, 0.4) is 0 Å². The van der Waals surface area contributed by atoms with Gasteiger partial charge in [-0.1, -0.05) is 0 Å². The van der Waals surface area contributed by atoms with Gasteiger partial charge in [-0.15, -0.1) is 10.2 Å². The molecule has 2 aromatic rings. The minimum absolute atomic E-state index is 0.0911. The second kappa shape index (κ2) is 6.82. The highest BCUT2D eigenvalue weighted by molar-refractivity contribution is 5.93. The second-order valence-corrected chi connectivity index (χ2v) is 5.95. The van der Waals surface area contributed by atoms with Gasteiger partial charge in [0.05, 0.1) is 18.3 Å². The van der Waals surface area contributed by atoms with Gasteiger partial charge in [-0.3, -0.25) is 14.4 Å². The van der Waals surface area contributed by atoms with E-state index in [1.54, 1.807) is 13.2 Å². The predicted molar refractivity (Wildman–Crippen MR) is 78.3 cm³/mol. The molecular weight excluding hydrogens is 341 g/mol. The minimum Gasteiger partial charge on any atom is -0.416 e. The third-order valence-corrected chi connectivity index (χ3v) is 3.88. The van der Waals surface area contributed by atoms with Crippen molar-refractivity contribution in [1.82, 2.24) is 30.2 Å². The average Bonchev–Trinajstić information content (AvgIpc) is 3.16. The molecule has 1 unspecified atom stereocenters. The third kappa shape index (κ3) is 4.35. The van der Waals surface area contributed by atoms with Crippen LogP contribution >= 0.6 is 0 Å². The van der Waals surface area contributed by atoms with Crippen LogP contribution in [0, 0.1) is 0 Å². The Balaban J connectivity index is 1.56. The van der Waals surface area contributed by atoms with E-state index in [-0.39, 0.29) is 24.4 Å². The van der Waals surface area contributed by atoms with Gasteiger partial charge in [-0.2, -0.15) is 18.3 Å². The van der Waals surface area contributed by atoms with E-state index >= 15 is 0 Å². The molecule has 0 spiro atoms. The summed E-state index contributed by atoms with van der Waals surface area (Å²) < 4.78 is 43.6. The van der Waals surface area contributed by atoms with Gasteiger partial charge in [0.2, 0.25) is 5.89 Å². The van der Waals surface area contributed by atoms with Crippen molar-refractivity contribution in [2.75, 3.05) is 13.1 Å². The molecule has 0 bridgehead atoms. The molecule has 1 amide bonds. The van der Waals surface area contributed by atoms with E-state index < -0.39 is 12.1 Å². The van der Waals surface area contributed by atoms with E-state index in [9.17, 15) is 18.0 Å². The minimum atomic E-state index is -4.65. The molecule has 0 radical (unpaired) electrons. The number of halogens is 3. The molecular formula is C14H17F3N6O2. The van der Waals surface area contributed by atoms with Crippen molar-refractivity contribution in [2.24, 2.45) is 7.05 Å². The van der Waals surface area contributed by atoms with Crippen LogP contribution in [0.2, 0.25) is 0 Å². The summed E-state index contributed by atoms with van der Waals surface area (Å²) in [5.41, 5.74) is 0.464. The first-order valence-corrected chi connectivity index (χ1v) is 7.72. The Hall–Kier alpha value is -2.43. The maximum absolute atomic E-state index is 12.5. The van der Waals surface area contributed by atoms with Crippen LogP contribution in [-0.4, -0.2) is 49.9 Å². The summed E-state index contributed by atoms with van der Waals surface area (Å²) >= 11 is 0. The van der Waals surface area contributed by atoms with E-state index in [1.807, 2.05) is 4.90 Å². The fraction of sp³-hybridized carbons (Fsp3) is 0.571. The molecule has 8 nitrogen and oxygen atoms in total. The normalized spacial score (nSPS) is 19.1. The third-order valence-electron chi connectivity index (χ3n) is 3.88. The van der Waals surface area contributed by atoms with Crippen molar-refractivity contribution in [3.63, 3.8) is 0 Å². The van der Waals surface area contributed by atoms with Crippen LogP contribution in [0.25, 0.3) is 0 Å². The van der Waals surface area contributed by atoms with Gasteiger partial charge in [0.15, 0.2) is 0 Å². The first kappa shape index (κ1) is 17.4. The molecule has 2 aromatic heterocycles. The number of rotatable bonds is 4. The van der Waals surface area contributed by atoms with Crippen LogP contribution < -0.4 is 5.32 Å². The smallest absolute Gasteiger partial charge is 0.416 e. The van der Waals surface area contributed by atoms with E-state index in [0.29, 0.717) is 18.7 Å². The molecule has 1 aliphatic rings. The molecule has 136 valence electrons. The van der Waals surface area contributed by atoms with Crippen molar-refractivity contribution in [3.05, 3.63) is 29.7 Å². The number of alkyl halides is 3. The van der Waals surface area contributed by atoms with E-state index in [1.165, 1.54) is 10.9 Å². The van der Waals surface area contributed by atoms with Crippen molar-refractivity contribution in [3.8, 4) is 0 Å². The number of carbonyl (C=O) groups is 1. The van der Waals surface area contributed by atoms with Crippen molar-refractivity contribution in [2.45, 2.75) is 31.6 Å². The molecule has 25 heavy (non-hydrogen) atoms. The number of aromatic nitrogens is 4. The quantitative estimate of drug-likeness (QED) is 0.884. The number of nitrogens with zero attached hydrogens (tertiary/aromatic N) is 5. The zero-order chi connectivity index (χ0) is 18.0. The lowest BCUT2D eigenvalue weighted by atomic mass is 10.1. The first-order valence-electron chi connectivity index (χ1n) is 7.72. The summed E-state index contributed by atoms with van der Waals surface area (Å²) in [6.45, 7) is 1.29. The fourth-order valence-corrected chi connectivity index (χ4v) is 2.75. The van der Waals surface area contributed by atoms with Crippen molar-refractivity contribution >= 4 is 5.91 Å². The average molecular weight is 358 g/mol. The SMILES string of the molecule is Cn1cc(C(=O)NC2CCCN(Cc3nnc(C(F)(F)F)o3)C2)cn1. The zero-order valence-corrected chi connectivity index (χ0v) is 13.5. The van der Waals surface area contributed by atoms with Crippen LogP contribution in [0.15, 0.2) is 16.8 Å². The molecule has 0 aliphatic carbocycles. The Labute approximate surface area is 141 Å². The van der Waals surface area contributed by atoms with Crippen molar-refractivity contribution in [1.29, 1.82) is 0 Å². The highest BCUT2D eigenvalue weighted by Gasteiger charge is 2.38. The van der Waals surface area contributed by atoms with Gasteiger partial charge in [0.25, 0.3) is 5.91 Å². The summed E-state index contributed by atoms with van der Waals surface area (Å²) in [7, 11) is 1.72. The number of aryl methyl sites for hydroxylation is 1. The largest absolute Gasteiger partial charge is 0.470 e. The van der Waals surface area contributed by atoms with Gasteiger partial charge >= 0.3 is 12.1 Å². The van der Waals surface area contributed by atoms with Gasteiger partial charge in [0.1, 0.15) is 0 Å². The summed E-state index contributed by atoms with van der Waals surface area (Å²) in [4.78, 5) is 14.0. The standard InChI is InChI=1S/C14H17F3N6O2/c1-22-6-9(5-18-22)12(24)19-10-3-2-4-23(7-10)8-11-20-21-13(25-11)14(15,16)17/h5-6,10H,2-4,7-8H2,1H3,(H,19,24). The van der Waals surface area contributed by atoms with Crippen molar-refractivity contribution < 1.29 is 22.4 Å². The molecule has 0 aromatic carbocycles. The lowest BCUT2D eigenvalue weighted by molar-refractivity contribution is -0.157.